The first-order valence-electron chi connectivity index (χ1n) is 6.80. The minimum atomic E-state index is -0.189. The summed E-state index contributed by atoms with van der Waals surface area (Å²) in [5, 5.41) is 14.8. The van der Waals surface area contributed by atoms with Crippen LogP contribution in [0, 0.1) is 6.92 Å². The maximum atomic E-state index is 11.9. The van der Waals surface area contributed by atoms with Crippen molar-refractivity contribution in [2.45, 2.75) is 32.4 Å². The van der Waals surface area contributed by atoms with Gasteiger partial charge in [0.05, 0.1) is 6.04 Å². The van der Waals surface area contributed by atoms with Crippen molar-refractivity contribution in [3.63, 3.8) is 0 Å². The lowest BCUT2D eigenvalue weighted by Crippen LogP contribution is -2.44. The molecule has 0 radical (unpaired) electrons. The number of urea groups is 1. The van der Waals surface area contributed by atoms with E-state index in [1.54, 1.807) is 11.8 Å². The Labute approximate surface area is 125 Å². The van der Waals surface area contributed by atoms with Crippen LogP contribution >= 0.6 is 11.8 Å². The Kier molecular flexibility index (Phi) is 7.47. The average molecular weight is 296 g/mol. The number of rotatable bonds is 7. The van der Waals surface area contributed by atoms with Crippen LogP contribution < -0.4 is 10.6 Å². The van der Waals surface area contributed by atoms with Gasteiger partial charge in [0, 0.05) is 18.4 Å². The molecule has 0 saturated heterocycles. The molecule has 0 heterocycles. The molecule has 20 heavy (non-hydrogen) atoms. The van der Waals surface area contributed by atoms with Gasteiger partial charge in [-0.05, 0) is 32.1 Å². The van der Waals surface area contributed by atoms with Crippen molar-refractivity contribution >= 4 is 17.8 Å². The third kappa shape index (κ3) is 5.84. The van der Waals surface area contributed by atoms with E-state index in [9.17, 15) is 4.79 Å². The number of carbonyl (C=O) groups is 1. The van der Waals surface area contributed by atoms with Gasteiger partial charge < -0.3 is 15.7 Å². The van der Waals surface area contributed by atoms with E-state index < -0.39 is 0 Å². The monoisotopic (exact) mass is 296 g/mol. The summed E-state index contributed by atoms with van der Waals surface area (Å²) in [6.45, 7) is 4.08. The highest BCUT2D eigenvalue weighted by molar-refractivity contribution is 7.98. The number of carbonyl (C=O) groups excluding carboxylic acids is 1. The fraction of sp³-hybridized carbons (Fsp3) is 0.533. The van der Waals surface area contributed by atoms with E-state index in [-0.39, 0.29) is 24.7 Å². The molecule has 112 valence electrons. The molecular weight excluding hydrogens is 272 g/mol. The lowest BCUT2D eigenvalue weighted by atomic mass is 10.1. The number of hydrogen-bond acceptors (Lipinski definition) is 3. The molecular formula is C15H24N2O2S. The summed E-state index contributed by atoms with van der Waals surface area (Å²) in [6, 6.07) is 7.88. The molecule has 3 N–H and O–H groups in total. The topological polar surface area (TPSA) is 61.4 Å². The number of amides is 2. The standard InChI is InChI=1S/C15H24N2O2S/c1-11-4-6-13(7-5-11)12(2)16-15(19)17-14(8-9-18)10-20-3/h4-7,12,14,18H,8-10H2,1-3H3,(H2,16,17,19). The molecule has 1 rings (SSSR count). The molecule has 0 aromatic heterocycles. The molecule has 0 spiro atoms. The zero-order chi connectivity index (χ0) is 15.0. The van der Waals surface area contributed by atoms with E-state index in [2.05, 4.69) is 10.6 Å². The molecule has 1 aromatic rings. The number of aryl methyl sites for hydroxylation is 1. The fourth-order valence-electron chi connectivity index (χ4n) is 1.92. The Morgan fingerprint density at radius 1 is 1.30 bits per heavy atom. The van der Waals surface area contributed by atoms with Crippen LogP contribution in [0.3, 0.4) is 0 Å². The zero-order valence-corrected chi connectivity index (χ0v) is 13.2. The van der Waals surface area contributed by atoms with Gasteiger partial charge in [-0.2, -0.15) is 11.8 Å². The van der Waals surface area contributed by atoms with Gasteiger partial charge in [0.1, 0.15) is 0 Å². The number of nitrogens with one attached hydrogen (secondary N) is 2. The first-order valence-corrected chi connectivity index (χ1v) is 8.19. The normalized spacial score (nSPS) is 13.6. The van der Waals surface area contributed by atoms with Crippen molar-refractivity contribution in [2.75, 3.05) is 18.6 Å². The second-order valence-corrected chi connectivity index (χ2v) is 5.83. The summed E-state index contributed by atoms with van der Waals surface area (Å²) in [5.74, 6) is 0.799. The van der Waals surface area contributed by atoms with Crippen LogP contribution in [0.5, 0.6) is 0 Å². The Morgan fingerprint density at radius 3 is 2.50 bits per heavy atom. The van der Waals surface area contributed by atoms with Gasteiger partial charge in [-0.3, -0.25) is 0 Å². The van der Waals surface area contributed by atoms with Crippen molar-refractivity contribution in [1.82, 2.24) is 10.6 Å². The van der Waals surface area contributed by atoms with Crippen molar-refractivity contribution in [3.8, 4) is 0 Å². The average Bonchev–Trinajstić information content (AvgIpc) is 2.39. The molecule has 5 heteroatoms. The van der Waals surface area contributed by atoms with Gasteiger partial charge in [0.25, 0.3) is 0 Å². The molecule has 1 aromatic carbocycles. The molecule has 2 unspecified atom stereocenters. The van der Waals surface area contributed by atoms with Crippen LogP contribution in [0.4, 0.5) is 4.79 Å². The molecule has 0 aliphatic carbocycles. The lowest BCUT2D eigenvalue weighted by molar-refractivity contribution is 0.229. The third-order valence-corrected chi connectivity index (χ3v) is 3.84. The third-order valence-electron chi connectivity index (χ3n) is 3.11. The van der Waals surface area contributed by atoms with Gasteiger partial charge in [-0.25, -0.2) is 4.79 Å². The molecule has 4 nitrogen and oxygen atoms in total. The Hall–Kier alpha value is -1.20. The lowest BCUT2D eigenvalue weighted by Gasteiger charge is -2.20. The Morgan fingerprint density at radius 2 is 1.95 bits per heavy atom. The fourth-order valence-corrected chi connectivity index (χ4v) is 2.57. The minimum absolute atomic E-state index is 0.000202. The predicted molar refractivity (Wildman–Crippen MR) is 85.1 cm³/mol. The minimum Gasteiger partial charge on any atom is -0.396 e. The summed E-state index contributed by atoms with van der Waals surface area (Å²) < 4.78 is 0. The molecule has 0 fully saturated rings. The maximum Gasteiger partial charge on any atom is 0.315 e. The quantitative estimate of drug-likeness (QED) is 0.724. The SMILES string of the molecule is CSCC(CCO)NC(=O)NC(C)c1ccc(C)cc1. The van der Waals surface area contributed by atoms with Crippen molar-refractivity contribution in [3.05, 3.63) is 35.4 Å². The maximum absolute atomic E-state index is 11.9. The number of aliphatic hydroxyl groups is 1. The highest BCUT2D eigenvalue weighted by atomic mass is 32.2. The summed E-state index contributed by atoms with van der Waals surface area (Å²) in [4.78, 5) is 11.9. The second kappa shape index (κ2) is 8.87. The molecule has 2 atom stereocenters. The summed E-state index contributed by atoms with van der Waals surface area (Å²) >= 11 is 1.65. The van der Waals surface area contributed by atoms with Crippen LogP contribution in [0.25, 0.3) is 0 Å². The predicted octanol–water partition coefficient (Wildman–Crippen LogP) is 2.47. The van der Waals surface area contributed by atoms with Gasteiger partial charge in [0.2, 0.25) is 0 Å². The number of aliphatic hydroxyl groups excluding tert-OH is 1. The molecule has 0 bridgehead atoms. The summed E-state index contributed by atoms with van der Waals surface area (Å²) in [5.41, 5.74) is 2.28. The number of thioether (sulfide) groups is 1. The van der Waals surface area contributed by atoms with Crippen LogP contribution in [-0.4, -0.2) is 35.8 Å². The molecule has 0 saturated carbocycles. The first kappa shape index (κ1) is 16.9. The second-order valence-electron chi connectivity index (χ2n) is 4.91. The van der Waals surface area contributed by atoms with Crippen LogP contribution in [-0.2, 0) is 0 Å². The van der Waals surface area contributed by atoms with Gasteiger partial charge in [-0.1, -0.05) is 29.8 Å². The van der Waals surface area contributed by atoms with Crippen molar-refractivity contribution < 1.29 is 9.90 Å². The van der Waals surface area contributed by atoms with E-state index >= 15 is 0 Å². The Balaban J connectivity index is 2.49. The summed E-state index contributed by atoms with van der Waals surface area (Å²) in [7, 11) is 0. The smallest absolute Gasteiger partial charge is 0.315 e. The van der Waals surface area contributed by atoms with E-state index in [1.807, 2.05) is 44.4 Å². The zero-order valence-electron chi connectivity index (χ0n) is 12.3. The van der Waals surface area contributed by atoms with E-state index in [0.29, 0.717) is 6.42 Å². The number of benzene rings is 1. The van der Waals surface area contributed by atoms with Crippen LogP contribution in [0.1, 0.15) is 30.5 Å². The molecule has 0 aliphatic heterocycles. The van der Waals surface area contributed by atoms with E-state index in [0.717, 1.165) is 11.3 Å². The summed E-state index contributed by atoms with van der Waals surface area (Å²) in [6.07, 6.45) is 2.56. The van der Waals surface area contributed by atoms with Gasteiger partial charge >= 0.3 is 6.03 Å². The largest absolute Gasteiger partial charge is 0.396 e. The van der Waals surface area contributed by atoms with Gasteiger partial charge in [-0.15, -0.1) is 0 Å². The van der Waals surface area contributed by atoms with Crippen LogP contribution in [0.15, 0.2) is 24.3 Å². The highest BCUT2D eigenvalue weighted by Crippen LogP contribution is 2.13. The number of hydrogen-bond donors (Lipinski definition) is 3. The Bertz CT molecular complexity index is 403. The highest BCUT2D eigenvalue weighted by Gasteiger charge is 2.13. The van der Waals surface area contributed by atoms with Crippen molar-refractivity contribution in [2.24, 2.45) is 0 Å². The molecule has 0 aliphatic rings. The van der Waals surface area contributed by atoms with Crippen LogP contribution in [0.2, 0.25) is 0 Å². The first-order chi connectivity index (χ1) is 9.56. The molecule has 2 amide bonds. The van der Waals surface area contributed by atoms with E-state index in [1.165, 1.54) is 5.56 Å². The van der Waals surface area contributed by atoms with Crippen molar-refractivity contribution in [1.29, 1.82) is 0 Å². The van der Waals surface area contributed by atoms with E-state index in [4.69, 9.17) is 5.11 Å². The van der Waals surface area contributed by atoms with Gasteiger partial charge in [0.15, 0.2) is 0 Å².